The lowest BCUT2D eigenvalue weighted by atomic mass is 10.0. The van der Waals surface area contributed by atoms with Crippen LogP contribution in [-0.4, -0.2) is 20.6 Å². The molecule has 0 radical (unpaired) electrons. The molecule has 3 rings (SSSR count). The Hall–Kier alpha value is -2.54. The number of anilines is 2. The van der Waals surface area contributed by atoms with Crippen LogP contribution in [-0.2, 0) is 9.84 Å². The van der Waals surface area contributed by atoms with Crippen LogP contribution in [0.2, 0.25) is 10.0 Å². The third-order valence-corrected chi connectivity index (χ3v) is 5.81. The van der Waals surface area contributed by atoms with E-state index in [4.69, 9.17) is 28.9 Å². The van der Waals surface area contributed by atoms with Crippen LogP contribution in [0, 0.1) is 0 Å². The quantitative estimate of drug-likeness (QED) is 0.571. The van der Waals surface area contributed by atoms with Gasteiger partial charge < -0.3 is 11.1 Å². The minimum absolute atomic E-state index is 0.0474. The predicted octanol–water partition coefficient (Wildman–Crippen LogP) is 4.90. The first-order valence-electron chi connectivity index (χ1n) is 8.11. The zero-order chi connectivity index (χ0) is 20.5. The molecule has 0 saturated carbocycles. The molecule has 0 bridgehead atoms. The highest BCUT2D eigenvalue weighted by molar-refractivity contribution is 7.90. The van der Waals surface area contributed by atoms with Gasteiger partial charge in [0, 0.05) is 28.2 Å². The van der Waals surface area contributed by atoms with Crippen molar-refractivity contribution < 1.29 is 13.2 Å². The van der Waals surface area contributed by atoms with Crippen LogP contribution in [0.3, 0.4) is 0 Å². The normalized spacial score (nSPS) is 11.2. The predicted molar refractivity (Wildman–Crippen MR) is 114 cm³/mol. The van der Waals surface area contributed by atoms with Crippen molar-refractivity contribution in [3.63, 3.8) is 0 Å². The average Bonchev–Trinajstić information content (AvgIpc) is 2.63. The van der Waals surface area contributed by atoms with Gasteiger partial charge in [0.1, 0.15) is 0 Å². The van der Waals surface area contributed by atoms with Crippen LogP contribution in [0.1, 0.15) is 10.4 Å². The second-order valence-corrected chi connectivity index (χ2v) is 9.01. The topological polar surface area (TPSA) is 89.3 Å². The molecule has 144 valence electrons. The fourth-order valence-electron chi connectivity index (χ4n) is 2.60. The summed E-state index contributed by atoms with van der Waals surface area (Å²) in [6.07, 6.45) is 1.07. The van der Waals surface area contributed by atoms with Gasteiger partial charge in [-0.3, -0.25) is 4.79 Å². The van der Waals surface area contributed by atoms with E-state index in [0.29, 0.717) is 16.4 Å². The van der Waals surface area contributed by atoms with Gasteiger partial charge >= 0.3 is 0 Å². The number of halogens is 2. The first-order chi connectivity index (χ1) is 13.1. The van der Waals surface area contributed by atoms with Crippen molar-refractivity contribution in [2.45, 2.75) is 4.90 Å². The number of carbonyl (C=O) groups is 1. The summed E-state index contributed by atoms with van der Waals surface area (Å²) in [5.41, 5.74) is 8.62. The van der Waals surface area contributed by atoms with Crippen molar-refractivity contribution >= 4 is 50.3 Å². The molecule has 28 heavy (non-hydrogen) atoms. The summed E-state index contributed by atoms with van der Waals surface area (Å²) >= 11 is 12.4. The van der Waals surface area contributed by atoms with Gasteiger partial charge in [-0.2, -0.15) is 0 Å². The molecule has 0 aliphatic heterocycles. The smallest absolute Gasteiger partial charge is 0.257 e. The molecule has 8 heteroatoms. The van der Waals surface area contributed by atoms with Crippen molar-refractivity contribution in [2.75, 3.05) is 17.3 Å². The van der Waals surface area contributed by atoms with Crippen LogP contribution in [0.5, 0.6) is 0 Å². The molecule has 0 spiro atoms. The van der Waals surface area contributed by atoms with Gasteiger partial charge in [-0.1, -0.05) is 35.3 Å². The largest absolute Gasteiger partial charge is 0.399 e. The molecule has 5 nitrogen and oxygen atoms in total. The Balaban J connectivity index is 1.89. The maximum absolute atomic E-state index is 12.6. The lowest BCUT2D eigenvalue weighted by molar-refractivity contribution is 0.102. The maximum Gasteiger partial charge on any atom is 0.257 e. The van der Waals surface area contributed by atoms with Gasteiger partial charge in [-0.25, -0.2) is 8.42 Å². The fraction of sp³-hybridized carbons (Fsp3) is 0.0500. The van der Waals surface area contributed by atoms with Crippen molar-refractivity contribution in [2.24, 2.45) is 0 Å². The number of benzene rings is 3. The molecule has 3 N–H and O–H groups in total. The number of hydrogen-bond acceptors (Lipinski definition) is 4. The summed E-state index contributed by atoms with van der Waals surface area (Å²) in [5.74, 6) is -0.462. The summed E-state index contributed by atoms with van der Waals surface area (Å²) < 4.78 is 23.2. The molecular weight excluding hydrogens is 419 g/mol. The third-order valence-electron chi connectivity index (χ3n) is 4.06. The fourth-order valence-corrected chi connectivity index (χ4v) is 3.80. The number of sulfone groups is 1. The molecule has 0 saturated heterocycles. The van der Waals surface area contributed by atoms with Crippen LogP contribution in [0.4, 0.5) is 11.4 Å². The number of carbonyl (C=O) groups excluding carboxylic acids is 1. The van der Waals surface area contributed by atoms with Crippen molar-refractivity contribution in [1.29, 1.82) is 0 Å². The van der Waals surface area contributed by atoms with E-state index in [-0.39, 0.29) is 15.5 Å². The first-order valence-corrected chi connectivity index (χ1v) is 10.8. The van der Waals surface area contributed by atoms with Gasteiger partial charge in [0.15, 0.2) is 9.84 Å². The summed E-state index contributed by atoms with van der Waals surface area (Å²) in [4.78, 5) is 12.6. The minimum atomic E-state index is -3.41. The van der Waals surface area contributed by atoms with Crippen molar-refractivity contribution in [3.05, 3.63) is 76.3 Å². The Labute approximate surface area is 173 Å². The van der Waals surface area contributed by atoms with E-state index >= 15 is 0 Å². The molecule has 3 aromatic carbocycles. The average molecular weight is 435 g/mol. The van der Waals surface area contributed by atoms with E-state index in [1.165, 1.54) is 18.2 Å². The first kappa shape index (κ1) is 20.2. The second kappa shape index (κ2) is 7.83. The zero-order valence-electron chi connectivity index (χ0n) is 14.7. The van der Waals surface area contributed by atoms with E-state index in [1.807, 2.05) is 12.1 Å². The second-order valence-electron chi connectivity index (χ2n) is 6.18. The third kappa shape index (κ3) is 4.47. The van der Waals surface area contributed by atoms with E-state index in [1.54, 1.807) is 30.3 Å². The molecule has 3 aromatic rings. The molecular formula is C20H16Cl2N2O3S. The SMILES string of the molecule is CS(=O)(=O)c1ccc(C(=O)Nc2ccc(Cl)c(-c3ccc(N)cc3)c2)c(Cl)c1. The molecule has 0 aromatic heterocycles. The molecule has 0 heterocycles. The highest BCUT2D eigenvalue weighted by Gasteiger charge is 2.15. The van der Waals surface area contributed by atoms with Crippen LogP contribution < -0.4 is 11.1 Å². The van der Waals surface area contributed by atoms with Crippen LogP contribution in [0.15, 0.2) is 65.6 Å². The Bertz CT molecular complexity index is 1160. The maximum atomic E-state index is 12.6. The summed E-state index contributed by atoms with van der Waals surface area (Å²) in [5, 5.41) is 3.33. The number of nitrogens with one attached hydrogen (secondary N) is 1. The highest BCUT2D eigenvalue weighted by atomic mass is 35.5. The molecule has 0 aliphatic carbocycles. The summed E-state index contributed by atoms with van der Waals surface area (Å²) in [6, 6.07) is 16.3. The van der Waals surface area contributed by atoms with Crippen LogP contribution in [0.25, 0.3) is 11.1 Å². The van der Waals surface area contributed by atoms with E-state index in [2.05, 4.69) is 5.32 Å². The summed E-state index contributed by atoms with van der Waals surface area (Å²) in [6.45, 7) is 0. The lowest BCUT2D eigenvalue weighted by Crippen LogP contribution is -2.13. The Morgan fingerprint density at radius 3 is 2.21 bits per heavy atom. The molecule has 1 amide bonds. The van der Waals surface area contributed by atoms with Gasteiger partial charge in [0.25, 0.3) is 5.91 Å². The standard InChI is InChI=1S/C20H16Cl2N2O3S/c1-28(26,27)15-7-8-16(19(22)11-15)20(25)24-14-6-9-18(21)17(10-14)12-2-4-13(23)5-3-12/h2-11H,23H2,1H3,(H,24,25). The number of nitrogens with two attached hydrogens (primary N) is 1. The Morgan fingerprint density at radius 2 is 1.61 bits per heavy atom. The van der Waals surface area contributed by atoms with Crippen molar-refractivity contribution in [3.8, 4) is 11.1 Å². The minimum Gasteiger partial charge on any atom is -0.399 e. The monoisotopic (exact) mass is 434 g/mol. The lowest BCUT2D eigenvalue weighted by Gasteiger charge is -2.11. The number of rotatable bonds is 4. The number of amides is 1. The molecule has 0 unspecified atom stereocenters. The van der Waals surface area contributed by atoms with E-state index in [9.17, 15) is 13.2 Å². The van der Waals surface area contributed by atoms with Gasteiger partial charge in [0.2, 0.25) is 0 Å². The van der Waals surface area contributed by atoms with E-state index < -0.39 is 15.7 Å². The van der Waals surface area contributed by atoms with Gasteiger partial charge in [0.05, 0.1) is 15.5 Å². The van der Waals surface area contributed by atoms with E-state index in [0.717, 1.165) is 17.4 Å². The Morgan fingerprint density at radius 1 is 0.929 bits per heavy atom. The number of hydrogen-bond donors (Lipinski definition) is 2. The Kier molecular flexibility index (Phi) is 5.65. The van der Waals surface area contributed by atoms with Crippen molar-refractivity contribution in [1.82, 2.24) is 0 Å². The van der Waals surface area contributed by atoms with Crippen LogP contribution >= 0.6 is 23.2 Å². The molecule has 0 atom stereocenters. The summed E-state index contributed by atoms with van der Waals surface area (Å²) in [7, 11) is -3.41. The van der Waals surface area contributed by atoms with Gasteiger partial charge in [-0.05, 0) is 54.1 Å². The highest BCUT2D eigenvalue weighted by Crippen LogP contribution is 2.31. The van der Waals surface area contributed by atoms with Gasteiger partial charge in [-0.15, -0.1) is 0 Å². The molecule has 0 aliphatic rings. The molecule has 0 fully saturated rings. The zero-order valence-corrected chi connectivity index (χ0v) is 17.1. The number of nitrogen functional groups attached to an aromatic ring is 1.